The third kappa shape index (κ3) is 3.09. The molecule has 0 amide bonds. The molecule has 1 aliphatic carbocycles. The first-order valence-corrected chi connectivity index (χ1v) is 9.63. The molecule has 1 aromatic rings. The van der Waals surface area contributed by atoms with Crippen LogP contribution < -0.4 is 14.8 Å². The van der Waals surface area contributed by atoms with Crippen LogP contribution in [0.25, 0.3) is 5.57 Å². The topological polar surface area (TPSA) is 108 Å². The first-order chi connectivity index (χ1) is 11.9. The summed E-state index contributed by atoms with van der Waals surface area (Å²) in [6.45, 7) is 5.43. The molecule has 131 valence electrons. The monoisotopic (exact) mass is 540 g/mol. The zero-order valence-corrected chi connectivity index (χ0v) is 17.4. The molecule has 0 spiro atoms. The number of rotatable bonds is 4. The van der Waals surface area contributed by atoms with Crippen LogP contribution in [0.3, 0.4) is 0 Å². The van der Waals surface area contributed by atoms with Crippen molar-refractivity contribution in [2.24, 2.45) is 0 Å². The molecule has 0 saturated carbocycles. The summed E-state index contributed by atoms with van der Waals surface area (Å²) in [5.41, 5.74) is 2.35. The maximum absolute atomic E-state index is 12.2. The van der Waals surface area contributed by atoms with Crippen LogP contribution in [-0.2, 0) is 0 Å². The van der Waals surface area contributed by atoms with Crippen LogP contribution in [-0.4, -0.2) is 75.6 Å². The van der Waals surface area contributed by atoms with Gasteiger partial charge in [0.1, 0.15) is 0 Å². The van der Waals surface area contributed by atoms with Gasteiger partial charge in [0.05, 0.1) is 0 Å². The van der Waals surface area contributed by atoms with Gasteiger partial charge in [0, 0.05) is 0 Å². The summed E-state index contributed by atoms with van der Waals surface area (Å²) in [6, 6.07) is 1.04. The molecular weight excluding hydrogens is 521 g/mol. The molecule has 1 aliphatic heterocycles. The Balaban J connectivity index is 2.20. The van der Waals surface area contributed by atoms with E-state index in [0.717, 1.165) is 0 Å². The maximum atomic E-state index is 12.2. The predicted molar refractivity (Wildman–Crippen MR) is 90.5 cm³/mol. The van der Waals surface area contributed by atoms with Crippen molar-refractivity contribution >= 4 is 34.7 Å². The Morgan fingerprint density at radius 2 is 2.08 bits per heavy atom. The summed E-state index contributed by atoms with van der Waals surface area (Å²) < 4.78 is 10.8. The van der Waals surface area contributed by atoms with E-state index in [1.807, 2.05) is 0 Å². The van der Waals surface area contributed by atoms with Crippen LogP contribution in [0.15, 0.2) is 24.9 Å². The Morgan fingerprint density at radius 3 is 2.72 bits per heavy atom. The number of aliphatic hydroxyl groups excluding tert-OH is 3. The van der Waals surface area contributed by atoms with E-state index < -0.39 is 24.4 Å². The van der Waals surface area contributed by atoms with E-state index in [2.05, 4.69) is 11.9 Å². The van der Waals surface area contributed by atoms with Crippen molar-refractivity contribution in [3.05, 3.63) is 41.6 Å². The summed E-state index contributed by atoms with van der Waals surface area (Å²) in [7, 11) is 0. The molecule has 4 N–H and O–H groups in total. The second-order valence-electron chi connectivity index (χ2n) is 5.93. The molecule has 0 bridgehead atoms. The molecular formula is C17H18NO6Pb. The van der Waals surface area contributed by atoms with Crippen LogP contribution in [0.1, 0.15) is 21.5 Å². The van der Waals surface area contributed by atoms with E-state index in [0.29, 0.717) is 59.5 Å². The van der Waals surface area contributed by atoms with Gasteiger partial charge in [-0.3, -0.25) is 0 Å². The van der Waals surface area contributed by atoms with Crippen molar-refractivity contribution in [1.82, 2.24) is 5.32 Å². The average molecular weight is 540 g/mol. The molecule has 7 nitrogen and oxygen atoms in total. The van der Waals surface area contributed by atoms with E-state index in [4.69, 9.17) is 9.47 Å². The Morgan fingerprint density at radius 1 is 1.36 bits per heavy atom. The molecule has 0 saturated heterocycles. The van der Waals surface area contributed by atoms with Gasteiger partial charge in [0.2, 0.25) is 0 Å². The SMILES string of the molecule is C=CN[C@@H]1C(c2cc3c(c([C](=O)[Pb])c2C)OCO3)=C[C@H](O)C(O)C1O. The summed E-state index contributed by atoms with van der Waals surface area (Å²) >= 11 is 0.315. The molecule has 3 rings (SSSR count). The van der Waals surface area contributed by atoms with Crippen molar-refractivity contribution < 1.29 is 29.6 Å². The number of hydrogen-bond acceptors (Lipinski definition) is 7. The molecule has 2 unspecified atom stereocenters. The van der Waals surface area contributed by atoms with Crippen molar-refractivity contribution in [3.8, 4) is 11.5 Å². The van der Waals surface area contributed by atoms with Crippen LogP contribution in [0.5, 0.6) is 11.5 Å². The fraction of sp³-hybridized carbons (Fsp3) is 0.353. The fourth-order valence-corrected chi connectivity index (χ4v) is 4.42. The normalized spacial score (nSPS) is 27.6. The van der Waals surface area contributed by atoms with Crippen LogP contribution in [0, 0.1) is 6.92 Å². The van der Waals surface area contributed by atoms with E-state index in [1.165, 1.54) is 12.3 Å². The van der Waals surface area contributed by atoms with Crippen LogP contribution >= 0.6 is 0 Å². The summed E-state index contributed by atoms with van der Waals surface area (Å²) in [5, 5.41) is 33.3. The molecule has 8 heteroatoms. The van der Waals surface area contributed by atoms with E-state index >= 15 is 0 Å². The van der Waals surface area contributed by atoms with E-state index in [1.54, 1.807) is 13.0 Å². The molecule has 1 aromatic carbocycles. The van der Waals surface area contributed by atoms with E-state index in [-0.39, 0.29) is 10.1 Å². The summed E-state index contributed by atoms with van der Waals surface area (Å²) in [4.78, 5) is 12.2. The molecule has 2 aliphatic rings. The second kappa shape index (κ2) is 7.06. The van der Waals surface area contributed by atoms with Gasteiger partial charge in [-0.2, -0.15) is 0 Å². The number of carbonyl (C=O) groups excluding carboxylic acids is 1. The molecule has 3 radical (unpaired) electrons. The van der Waals surface area contributed by atoms with Crippen LogP contribution in [0.4, 0.5) is 0 Å². The third-order valence-electron chi connectivity index (χ3n) is 4.49. The Labute approximate surface area is 160 Å². The van der Waals surface area contributed by atoms with Gasteiger partial charge in [0.25, 0.3) is 0 Å². The predicted octanol–water partition coefficient (Wildman–Crippen LogP) is -0.386. The molecule has 0 fully saturated rings. The van der Waals surface area contributed by atoms with Gasteiger partial charge in [0.15, 0.2) is 0 Å². The van der Waals surface area contributed by atoms with Gasteiger partial charge < -0.3 is 0 Å². The van der Waals surface area contributed by atoms with Crippen molar-refractivity contribution in [2.75, 3.05) is 6.79 Å². The number of benzene rings is 1. The minimum atomic E-state index is -1.32. The van der Waals surface area contributed by atoms with Gasteiger partial charge in [-0.25, -0.2) is 0 Å². The third-order valence-corrected chi connectivity index (χ3v) is 5.46. The van der Waals surface area contributed by atoms with Crippen LogP contribution in [0.2, 0.25) is 0 Å². The number of hydrogen-bond donors (Lipinski definition) is 4. The Kier molecular flexibility index (Phi) is 5.19. The first kappa shape index (κ1) is 18.4. The zero-order chi connectivity index (χ0) is 18.3. The average Bonchev–Trinajstić information content (AvgIpc) is 3.02. The zero-order valence-electron chi connectivity index (χ0n) is 13.5. The van der Waals surface area contributed by atoms with Gasteiger partial charge in [-0.05, 0) is 0 Å². The van der Waals surface area contributed by atoms with Crippen molar-refractivity contribution in [2.45, 2.75) is 31.3 Å². The molecule has 0 aromatic heterocycles. The Hall–Kier alpha value is -1.43. The molecule has 1 heterocycles. The molecule has 25 heavy (non-hydrogen) atoms. The van der Waals surface area contributed by atoms with Gasteiger partial charge in [-0.15, -0.1) is 0 Å². The summed E-state index contributed by atoms with van der Waals surface area (Å²) in [6.07, 6.45) is -0.909. The number of ether oxygens (including phenoxy) is 2. The molecule has 4 atom stereocenters. The fourth-order valence-electron chi connectivity index (χ4n) is 3.25. The minimum absolute atomic E-state index is 0.0353. The van der Waals surface area contributed by atoms with Crippen molar-refractivity contribution in [1.29, 1.82) is 0 Å². The van der Waals surface area contributed by atoms with Gasteiger partial charge in [-0.1, -0.05) is 0 Å². The van der Waals surface area contributed by atoms with Crippen molar-refractivity contribution in [3.63, 3.8) is 0 Å². The number of nitrogens with one attached hydrogen (secondary N) is 1. The standard InChI is InChI=1S/C17H18NO6.Pb/c1-3-18-14-10(4-12(20)15(21)16(14)22)9-5-13-17(24-7-23-13)11(6-19)8(9)2;/h3-5,12,14-16,18,20-22H,1,7H2,2H3;/t12-,14+,15?,16?;/m0./s1. The number of aliphatic hydroxyl groups is 3. The van der Waals surface area contributed by atoms with E-state index in [9.17, 15) is 20.1 Å². The quantitative estimate of drug-likeness (QED) is 0.387. The van der Waals surface area contributed by atoms with Gasteiger partial charge >= 0.3 is 161 Å². The number of fused-ring (bicyclic) bond motifs is 1. The second-order valence-corrected chi connectivity index (χ2v) is 7.69. The Bertz CT molecular complexity index is 762. The summed E-state index contributed by atoms with van der Waals surface area (Å²) in [5.74, 6) is 0.889. The number of carbonyl (C=O) groups is 1. The first-order valence-electron chi connectivity index (χ1n) is 7.69.